The maximum absolute atomic E-state index is 5.48. The Labute approximate surface area is 128 Å². The predicted octanol–water partition coefficient (Wildman–Crippen LogP) is 3.19. The number of aryl methyl sites for hydroxylation is 2. The summed E-state index contributed by atoms with van der Waals surface area (Å²) in [6.45, 7) is 0. The smallest absolute Gasteiger partial charge is 0.230 e. The van der Waals surface area contributed by atoms with Crippen LogP contribution >= 0.6 is 0 Å². The molecule has 22 heavy (non-hydrogen) atoms. The fourth-order valence-electron chi connectivity index (χ4n) is 3.02. The van der Waals surface area contributed by atoms with Gasteiger partial charge >= 0.3 is 0 Å². The van der Waals surface area contributed by atoms with E-state index in [1.54, 1.807) is 18.6 Å². The van der Waals surface area contributed by atoms with Gasteiger partial charge in [0.2, 0.25) is 11.7 Å². The lowest BCUT2D eigenvalue weighted by molar-refractivity contribution is 0.341. The quantitative estimate of drug-likeness (QED) is 0.679. The van der Waals surface area contributed by atoms with Crippen molar-refractivity contribution in [1.82, 2.24) is 20.1 Å². The normalized spacial score (nSPS) is 15.3. The first-order valence-corrected chi connectivity index (χ1v) is 7.57. The Morgan fingerprint density at radius 2 is 1.77 bits per heavy atom. The second kappa shape index (κ2) is 5.67. The number of rotatable bonds is 2. The van der Waals surface area contributed by atoms with Gasteiger partial charge in [0.05, 0.1) is 6.20 Å². The van der Waals surface area contributed by atoms with Crippen LogP contribution in [-0.2, 0) is 12.8 Å². The van der Waals surface area contributed by atoms with Gasteiger partial charge in [0, 0.05) is 18.3 Å². The van der Waals surface area contributed by atoms with E-state index in [1.165, 1.54) is 11.1 Å². The summed E-state index contributed by atoms with van der Waals surface area (Å²) < 4.78 is 5.48. The molecule has 0 saturated heterocycles. The molecule has 1 aliphatic carbocycles. The Hall–Kier alpha value is -2.56. The van der Waals surface area contributed by atoms with Crippen molar-refractivity contribution in [1.29, 1.82) is 0 Å². The minimum Gasteiger partial charge on any atom is -0.339 e. The third kappa shape index (κ3) is 2.50. The van der Waals surface area contributed by atoms with Crippen molar-refractivity contribution in [2.45, 2.75) is 31.6 Å². The van der Waals surface area contributed by atoms with E-state index in [1.807, 2.05) is 0 Å². The lowest BCUT2D eigenvalue weighted by Gasteiger charge is -2.07. The Morgan fingerprint density at radius 3 is 2.45 bits per heavy atom. The van der Waals surface area contributed by atoms with Crippen molar-refractivity contribution in [3.05, 3.63) is 59.9 Å². The van der Waals surface area contributed by atoms with Crippen LogP contribution < -0.4 is 0 Å². The van der Waals surface area contributed by atoms with Crippen molar-refractivity contribution >= 4 is 0 Å². The standard InChI is InChI=1S/C17H16N4O/c1-2-4-13-6-8-14(7-5-12(13)3-1)17-20-16(21-22-17)15-11-18-9-10-19-15/h1-4,9-11,14H,5-8H2. The van der Waals surface area contributed by atoms with E-state index in [0.717, 1.165) is 25.7 Å². The lowest BCUT2D eigenvalue weighted by Crippen LogP contribution is -2.00. The molecule has 5 nitrogen and oxygen atoms in total. The summed E-state index contributed by atoms with van der Waals surface area (Å²) in [7, 11) is 0. The maximum Gasteiger partial charge on any atom is 0.230 e. The highest BCUT2D eigenvalue weighted by Crippen LogP contribution is 2.31. The molecule has 0 fully saturated rings. The zero-order valence-corrected chi connectivity index (χ0v) is 12.1. The average molecular weight is 292 g/mol. The molecule has 5 heteroatoms. The molecule has 1 aliphatic rings. The highest BCUT2D eigenvalue weighted by molar-refractivity contribution is 5.45. The second-order valence-electron chi connectivity index (χ2n) is 5.59. The van der Waals surface area contributed by atoms with Gasteiger partial charge in [0.25, 0.3) is 0 Å². The van der Waals surface area contributed by atoms with E-state index < -0.39 is 0 Å². The van der Waals surface area contributed by atoms with Gasteiger partial charge in [-0.15, -0.1) is 0 Å². The van der Waals surface area contributed by atoms with Crippen molar-refractivity contribution in [2.24, 2.45) is 0 Å². The molecular weight excluding hydrogens is 276 g/mol. The SMILES string of the molecule is c1ccc2c(c1)CCC(c1nc(-c3cnccn3)no1)CC2. The first-order valence-electron chi connectivity index (χ1n) is 7.57. The van der Waals surface area contributed by atoms with Gasteiger partial charge in [-0.2, -0.15) is 4.98 Å². The molecule has 2 aromatic heterocycles. The summed E-state index contributed by atoms with van der Waals surface area (Å²) in [6.07, 6.45) is 9.11. The van der Waals surface area contributed by atoms with Gasteiger partial charge in [-0.1, -0.05) is 29.4 Å². The van der Waals surface area contributed by atoms with E-state index in [2.05, 4.69) is 44.4 Å². The second-order valence-corrected chi connectivity index (χ2v) is 5.59. The molecular formula is C17H16N4O. The molecule has 0 aliphatic heterocycles. The number of fused-ring (bicyclic) bond motifs is 1. The van der Waals surface area contributed by atoms with E-state index in [9.17, 15) is 0 Å². The molecule has 0 saturated carbocycles. The summed E-state index contributed by atoms with van der Waals surface area (Å²) >= 11 is 0. The molecule has 0 N–H and O–H groups in total. The van der Waals surface area contributed by atoms with Gasteiger partial charge < -0.3 is 4.52 Å². The molecule has 110 valence electrons. The lowest BCUT2D eigenvalue weighted by atomic mass is 10.00. The first-order chi connectivity index (χ1) is 10.9. The number of nitrogens with zero attached hydrogens (tertiary/aromatic N) is 4. The number of hydrogen-bond donors (Lipinski definition) is 0. The summed E-state index contributed by atoms with van der Waals surface area (Å²) in [5.74, 6) is 1.55. The predicted molar refractivity (Wildman–Crippen MR) is 81.1 cm³/mol. The van der Waals surface area contributed by atoms with Crippen LogP contribution in [0.2, 0.25) is 0 Å². The molecule has 0 bridgehead atoms. The zero-order chi connectivity index (χ0) is 14.8. The third-order valence-corrected chi connectivity index (χ3v) is 4.23. The van der Waals surface area contributed by atoms with Crippen LogP contribution in [-0.4, -0.2) is 20.1 Å². The molecule has 2 heterocycles. The monoisotopic (exact) mass is 292 g/mol. The van der Waals surface area contributed by atoms with E-state index in [4.69, 9.17) is 4.52 Å². The Bertz CT molecular complexity index is 742. The van der Waals surface area contributed by atoms with Crippen molar-refractivity contribution in [3.8, 4) is 11.5 Å². The summed E-state index contributed by atoms with van der Waals surface area (Å²) in [6, 6.07) is 8.66. The number of aromatic nitrogens is 4. The fourth-order valence-corrected chi connectivity index (χ4v) is 3.02. The van der Waals surface area contributed by atoms with Crippen LogP contribution in [0, 0.1) is 0 Å². The van der Waals surface area contributed by atoms with Gasteiger partial charge in [-0.3, -0.25) is 4.98 Å². The van der Waals surface area contributed by atoms with Crippen molar-refractivity contribution in [2.75, 3.05) is 0 Å². The van der Waals surface area contributed by atoms with Crippen molar-refractivity contribution in [3.63, 3.8) is 0 Å². The highest BCUT2D eigenvalue weighted by Gasteiger charge is 2.23. The van der Waals surface area contributed by atoms with Crippen LogP contribution in [0.5, 0.6) is 0 Å². The van der Waals surface area contributed by atoms with Crippen molar-refractivity contribution < 1.29 is 4.52 Å². The Morgan fingerprint density at radius 1 is 1.00 bits per heavy atom. The molecule has 0 unspecified atom stereocenters. The van der Waals surface area contributed by atoms with E-state index >= 15 is 0 Å². The van der Waals surface area contributed by atoms with Gasteiger partial charge in [0.15, 0.2) is 0 Å². The zero-order valence-electron chi connectivity index (χ0n) is 12.1. The summed E-state index contributed by atoms with van der Waals surface area (Å²) in [4.78, 5) is 12.8. The topological polar surface area (TPSA) is 64.7 Å². The minimum absolute atomic E-state index is 0.310. The van der Waals surface area contributed by atoms with Gasteiger partial charge in [-0.25, -0.2) is 4.98 Å². The van der Waals surface area contributed by atoms with E-state index in [0.29, 0.717) is 23.3 Å². The van der Waals surface area contributed by atoms with Gasteiger partial charge in [-0.05, 0) is 36.8 Å². The number of hydrogen-bond acceptors (Lipinski definition) is 5. The molecule has 1 aromatic carbocycles. The fraction of sp³-hybridized carbons (Fsp3) is 0.294. The number of benzene rings is 1. The maximum atomic E-state index is 5.48. The molecule has 0 amide bonds. The van der Waals surface area contributed by atoms with Crippen LogP contribution in [0.3, 0.4) is 0 Å². The average Bonchev–Trinajstić information content (AvgIpc) is 2.97. The molecule has 0 atom stereocenters. The molecule has 4 rings (SSSR count). The first kappa shape index (κ1) is 13.1. The highest BCUT2D eigenvalue weighted by atomic mass is 16.5. The van der Waals surface area contributed by atoms with Crippen LogP contribution in [0.15, 0.2) is 47.4 Å². The van der Waals surface area contributed by atoms with Crippen LogP contribution in [0.25, 0.3) is 11.5 Å². The molecule has 0 spiro atoms. The third-order valence-electron chi connectivity index (χ3n) is 4.23. The largest absolute Gasteiger partial charge is 0.339 e. The van der Waals surface area contributed by atoms with Crippen LogP contribution in [0.1, 0.15) is 35.8 Å². The Kier molecular flexibility index (Phi) is 3.39. The summed E-state index contributed by atoms with van der Waals surface area (Å²) in [5, 5.41) is 4.05. The molecule has 3 aromatic rings. The Balaban J connectivity index is 1.55. The summed E-state index contributed by atoms with van der Waals surface area (Å²) in [5.41, 5.74) is 3.53. The van der Waals surface area contributed by atoms with E-state index in [-0.39, 0.29) is 0 Å². The minimum atomic E-state index is 0.310. The molecule has 0 radical (unpaired) electrons. The van der Waals surface area contributed by atoms with Crippen LogP contribution in [0.4, 0.5) is 0 Å². The van der Waals surface area contributed by atoms with Gasteiger partial charge in [0.1, 0.15) is 5.69 Å².